The summed E-state index contributed by atoms with van der Waals surface area (Å²) in [4.78, 5) is 34.2. The number of H-pyrrole nitrogens is 1. The first-order valence-electron chi connectivity index (χ1n) is 13.4. The van der Waals surface area contributed by atoms with E-state index in [2.05, 4.69) is 16.4 Å². The van der Waals surface area contributed by atoms with Gasteiger partial charge >= 0.3 is 0 Å². The summed E-state index contributed by atoms with van der Waals surface area (Å²) in [6.07, 6.45) is 3.52. The molecule has 2 N–H and O–H groups in total. The molecular weight excluding hydrogens is 510 g/mol. The van der Waals surface area contributed by atoms with Crippen molar-refractivity contribution in [1.29, 1.82) is 0 Å². The Labute approximate surface area is 234 Å². The summed E-state index contributed by atoms with van der Waals surface area (Å²) in [6.45, 7) is 4.41. The Kier molecular flexibility index (Phi) is 9.00. The summed E-state index contributed by atoms with van der Waals surface area (Å²) in [5, 5.41) is 3.72. The van der Waals surface area contributed by atoms with E-state index in [4.69, 9.17) is 0 Å². The van der Waals surface area contributed by atoms with Gasteiger partial charge in [0.15, 0.2) is 0 Å². The molecule has 6 nitrogen and oxygen atoms in total. The van der Waals surface area contributed by atoms with Crippen LogP contribution in [0.15, 0.2) is 66.9 Å². The average Bonchev–Trinajstić information content (AvgIpc) is 3.34. The molecule has 2 atom stereocenters. The van der Waals surface area contributed by atoms with Crippen molar-refractivity contribution < 1.29 is 18.4 Å². The predicted octanol–water partition coefficient (Wildman–Crippen LogP) is 5.81. The standard InChI is InChI=1S/C29H27F2N3O2.C3H9N/c1-17-9-12-26-19(14-17)6-5-13-34(26)29(36)27(33-28(35)22-11-10-20(30)15-24(22)31)18(2)23-16-32-25-8-4-3-7-21(23)25;1-4(2)3/h3-4,7-12,14-16,18,27,32H,5-6,13H2,1-2H3,(H,33,35);1-3H3. The number of halogens is 2. The number of hydrogen-bond acceptors (Lipinski definition) is 3. The van der Waals surface area contributed by atoms with E-state index in [1.165, 1.54) is 0 Å². The second-order valence-electron chi connectivity index (χ2n) is 10.7. The fourth-order valence-corrected chi connectivity index (χ4v) is 5.07. The lowest BCUT2D eigenvalue weighted by molar-refractivity contribution is -0.121. The lowest BCUT2D eigenvalue weighted by Crippen LogP contribution is -2.52. The molecule has 4 aromatic rings. The van der Waals surface area contributed by atoms with Crippen molar-refractivity contribution in [3.8, 4) is 0 Å². The maximum atomic E-state index is 14.4. The van der Waals surface area contributed by atoms with Gasteiger partial charge in [-0.1, -0.05) is 42.8 Å². The maximum absolute atomic E-state index is 14.4. The fraction of sp³-hybridized carbons (Fsp3) is 0.312. The van der Waals surface area contributed by atoms with Gasteiger partial charge in [0.2, 0.25) is 5.91 Å². The summed E-state index contributed by atoms with van der Waals surface area (Å²) in [6, 6.07) is 15.5. The lowest BCUT2D eigenvalue weighted by Gasteiger charge is -2.35. The number of aromatic amines is 1. The zero-order chi connectivity index (χ0) is 29.0. The molecule has 0 fully saturated rings. The third kappa shape index (κ3) is 6.39. The minimum atomic E-state index is -0.978. The molecule has 5 rings (SSSR count). The zero-order valence-electron chi connectivity index (χ0n) is 23.6. The van der Waals surface area contributed by atoms with Crippen LogP contribution in [0.1, 0.15) is 46.3 Å². The van der Waals surface area contributed by atoms with Gasteiger partial charge in [-0.15, -0.1) is 0 Å². The van der Waals surface area contributed by atoms with Crippen LogP contribution < -0.4 is 10.2 Å². The van der Waals surface area contributed by atoms with Gasteiger partial charge in [0.25, 0.3) is 5.91 Å². The number of benzene rings is 3. The molecule has 2 amide bonds. The molecular formula is C32H36F2N4O2. The first kappa shape index (κ1) is 29.0. The number of hydrogen-bond donors (Lipinski definition) is 2. The number of rotatable bonds is 5. The number of nitrogens with one attached hydrogen (secondary N) is 2. The molecule has 0 bridgehead atoms. The molecule has 0 saturated heterocycles. The molecule has 1 aromatic heterocycles. The highest BCUT2D eigenvalue weighted by Gasteiger charge is 2.35. The summed E-state index contributed by atoms with van der Waals surface area (Å²) in [5.41, 5.74) is 4.51. The molecule has 40 heavy (non-hydrogen) atoms. The van der Waals surface area contributed by atoms with Gasteiger partial charge in [0.1, 0.15) is 17.7 Å². The van der Waals surface area contributed by atoms with E-state index in [-0.39, 0.29) is 11.5 Å². The van der Waals surface area contributed by atoms with Crippen LogP contribution in [0.4, 0.5) is 14.5 Å². The second kappa shape index (κ2) is 12.4. The highest BCUT2D eigenvalue weighted by molar-refractivity contribution is 6.04. The lowest BCUT2D eigenvalue weighted by atomic mass is 9.90. The number of nitrogens with zero attached hydrogens (tertiary/aromatic N) is 2. The minimum Gasteiger partial charge on any atom is -0.361 e. The monoisotopic (exact) mass is 546 g/mol. The van der Waals surface area contributed by atoms with Gasteiger partial charge in [0, 0.05) is 41.3 Å². The van der Waals surface area contributed by atoms with Crippen molar-refractivity contribution in [2.45, 2.75) is 38.6 Å². The van der Waals surface area contributed by atoms with E-state index >= 15 is 0 Å². The van der Waals surface area contributed by atoms with Crippen molar-refractivity contribution in [2.75, 3.05) is 32.6 Å². The normalized spacial score (nSPS) is 14.2. The third-order valence-corrected chi connectivity index (χ3v) is 6.96. The van der Waals surface area contributed by atoms with Crippen LogP contribution in [0.25, 0.3) is 10.9 Å². The summed E-state index contributed by atoms with van der Waals surface area (Å²) in [7, 11) is 6.00. The van der Waals surface area contributed by atoms with Crippen LogP contribution in [0.3, 0.4) is 0 Å². The second-order valence-corrected chi connectivity index (χ2v) is 10.7. The van der Waals surface area contributed by atoms with E-state index in [9.17, 15) is 18.4 Å². The third-order valence-electron chi connectivity index (χ3n) is 6.96. The first-order valence-corrected chi connectivity index (χ1v) is 13.4. The number of carbonyl (C=O) groups is 2. The molecule has 210 valence electrons. The Morgan fingerprint density at radius 1 is 1.02 bits per heavy atom. The number of carbonyl (C=O) groups excluding carboxylic acids is 2. The molecule has 0 aliphatic carbocycles. The van der Waals surface area contributed by atoms with Crippen LogP contribution >= 0.6 is 0 Å². The average molecular weight is 547 g/mol. The van der Waals surface area contributed by atoms with Crippen molar-refractivity contribution in [2.24, 2.45) is 0 Å². The highest BCUT2D eigenvalue weighted by Crippen LogP contribution is 2.33. The van der Waals surface area contributed by atoms with E-state index in [1.54, 1.807) is 4.90 Å². The van der Waals surface area contributed by atoms with E-state index < -0.39 is 29.5 Å². The number of amides is 2. The topological polar surface area (TPSA) is 68.4 Å². The number of fused-ring (bicyclic) bond motifs is 2. The smallest absolute Gasteiger partial charge is 0.254 e. The molecule has 0 radical (unpaired) electrons. The first-order chi connectivity index (χ1) is 19.1. The highest BCUT2D eigenvalue weighted by atomic mass is 19.1. The summed E-state index contributed by atoms with van der Waals surface area (Å²) >= 11 is 0. The Morgan fingerprint density at radius 2 is 1.75 bits per heavy atom. The summed E-state index contributed by atoms with van der Waals surface area (Å²) in [5.74, 6) is -3.22. The summed E-state index contributed by atoms with van der Waals surface area (Å²) < 4.78 is 27.9. The van der Waals surface area contributed by atoms with Crippen LogP contribution in [-0.2, 0) is 11.2 Å². The fourth-order valence-electron chi connectivity index (χ4n) is 5.07. The molecule has 0 saturated carbocycles. The van der Waals surface area contributed by atoms with Gasteiger partial charge in [-0.3, -0.25) is 9.59 Å². The maximum Gasteiger partial charge on any atom is 0.254 e. The molecule has 1 aliphatic rings. The van der Waals surface area contributed by atoms with Crippen LogP contribution in [-0.4, -0.2) is 55.4 Å². The van der Waals surface area contributed by atoms with Gasteiger partial charge in [-0.2, -0.15) is 0 Å². The van der Waals surface area contributed by atoms with Crippen molar-refractivity contribution in [3.05, 3.63) is 101 Å². The quantitative estimate of drug-likeness (QED) is 0.332. The van der Waals surface area contributed by atoms with E-state index in [1.807, 2.05) is 82.5 Å². The van der Waals surface area contributed by atoms with Gasteiger partial charge < -0.3 is 20.1 Å². The van der Waals surface area contributed by atoms with Gasteiger partial charge in [-0.25, -0.2) is 8.78 Å². The minimum absolute atomic E-state index is 0.270. The Bertz CT molecular complexity index is 1510. The Balaban J connectivity index is 0.000000867. The number of para-hydroxylation sites is 1. The molecule has 0 spiro atoms. The Morgan fingerprint density at radius 3 is 2.48 bits per heavy atom. The van der Waals surface area contributed by atoms with Gasteiger partial charge in [0.05, 0.1) is 5.56 Å². The number of aryl methyl sites for hydroxylation is 2. The molecule has 8 heteroatoms. The van der Waals surface area contributed by atoms with Crippen molar-refractivity contribution in [1.82, 2.24) is 15.2 Å². The van der Waals surface area contributed by atoms with Gasteiger partial charge in [-0.05, 0) is 76.3 Å². The van der Waals surface area contributed by atoms with Crippen LogP contribution in [0.2, 0.25) is 0 Å². The number of aromatic nitrogens is 1. The Hall–Kier alpha value is -4.04. The molecule has 3 aromatic carbocycles. The zero-order valence-corrected chi connectivity index (χ0v) is 23.6. The molecule has 1 aliphatic heterocycles. The van der Waals surface area contributed by atoms with Crippen LogP contribution in [0.5, 0.6) is 0 Å². The predicted molar refractivity (Wildman–Crippen MR) is 156 cm³/mol. The molecule has 2 heterocycles. The van der Waals surface area contributed by atoms with E-state index in [0.717, 1.165) is 58.3 Å². The SMILES string of the molecule is CN(C)C.Cc1ccc2c(c1)CCCN2C(=O)C(NC(=O)c1ccc(F)cc1F)C(C)c1c[nH]c2ccccc12. The van der Waals surface area contributed by atoms with Crippen molar-refractivity contribution >= 4 is 28.4 Å². The largest absolute Gasteiger partial charge is 0.361 e. The van der Waals surface area contributed by atoms with E-state index in [0.29, 0.717) is 12.6 Å². The molecule has 2 unspecified atom stereocenters. The van der Waals surface area contributed by atoms with Crippen molar-refractivity contribution in [3.63, 3.8) is 0 Å². The number of anilines is 1. The van der Waals surface area contributed by atoms with Crippen LogP contribution in [0, 0.1) is 18.6 Å².